The van der Waals surface area contributed by atoms with Crippen molar-refractivity contribution in [3.63, 3.8) is 0 Å². The number of sulfonamides is 1. The Morgan fingerprint density at radius 3 is 2.50 bits per heavy atom. The standard InChI is InChI=1S/C15H19BrN4O3S/c1-3-20-14(13(16)10(2)19-20)15(21)18-9-8-11-4-6-12(7-5-11)24(17,22)23/h4-7H,3,8-9H2,1-2H3,(H,18,21)(H2,17,22,23). The molecule has 1 aromatic carbocycles. The van der Waals surface area contributed by atoms with Gasteiger partial charge in [-0.3, -0.25) is 9.48 Å². The quantitative estimate of drug-likeness (QED) is 0.747. The number of aromatic nitrogens is 2. The van der Waals surface area contributed by atoms with Gasteiger partial charge in [0, 0.05) is 13.1 Å². The van der Waals surface area contributed by atoms with E-state index >= 15 is 0 Å². The van der Waals surface area contributed by atoms with Gasteiger partial charge >= 0.3 is 0 Å². The Morgan fingerprint density at radius 1 is 1.33 bits per heavy atom. The number of carbonyl (C=O) groups is 1. The minimum atomic E-state index is -3.68. The Kier molecular flexibility index (Phi) is 5.79. The van der Waals surface area contributed by atoms with Crippen LogP contribution in [0.5, 0.6) is 0 Å². The third-order valence-corrected chi connectivity index (χ3v) is 5.40. The van der Waals surface area contributed by atoms with E-state index in [0.717, 1.165) is 11.3 Å². The van der Waals surface area contributed by atoms with Gasteiger partial charge in [0.05, 0.1) is 15.1 Å². The van der Waals surface area contributed by atoms with E-state index in [4.69, 9.17) is 5.14 Å². The smallest absolute Gasteiger partial charge is 0.270 e. The third-order valence-electron chi connectivity index (χ3n) is 3.52. The monoisotopic (exact) mass is 414 g/mol. The Morgan fingerprint density at radius 2 is 1.96 bits per heavy atom. The number of rotatable bonds is 6. The summed E-state index contributed by atoms with van der Waals surface area (Å²) >= 11 is 3.39. The zero-order valence-electron chi connectivity index (χ0n) is 13.4. The van der Waals surface area contributed by atoms with E-state index < -0.39 is 10.0 Å². The highest BCUT2D eigenvalue weighted by atomic mass is 79.9. The molecule has 0 aliphatic heterocycles. The van der Waals surface area contributed by atoms with Crippen LogP contribution in [0.3, 0.4) is 0 Å². The molecule has 130 valence electrons. The number of benzene rings is 1. The van der Waals surface area contributed by atoms with Crippen LogP contribution in [-0.4, -0.2) is 30.7 Å². The van der Waals surface area contributed by atoms with E-state index in [-0.39, 0.29) is 10.8 Å². The van der Waals surface area contributed by atoms with Gasteiger partial charge in [0.15, 0.2) is 0 Å². The second-order valence-corrected chi connectivity index (χ2v) is 7.61. The number of halogens is 1. The maximum atomic E-state index is 12.3. The van der Waals surface area contributed by atoms with Crippen LogP contribution >= 0.6 is 15.9 Å². The number of nitrogens with zero attached hydrogens (tertiary/aromatic N) is 2. The molecule has 0 radical (unpaired) electrons. The summed E-state index contributed by atoms with van der Waals surface area (Å²) in [6.45, 7) is 4.78. The van der Waals surface area contributed by atoms with Crippen LogP contribution in [0, 0.1) is 6.92 Å². The Labute approximate surface area is 149 Å². The Bertz CT molecular complexity index is 844. The number of nitrogens with one attached hydrogen (secondary N) is 1. The number of amides is 1. The molecule has 0 atom stereocenters. The molecule has 3 N–H and O–H groups in total. The van der Waals surface area contributed by atoms with Crippen LogP contribution in [0.1, 0.15) is 28.7 Å². The van der Waals surface area contributed by atoms with Gasteiger partial charge in [-0.25, -0.2) is 13.6 Å². The first kappa shape index (κ1) is 18.6. The summed E-state index contributed by atoms with van der Waals surface area (Å²) in [6.07, 6.45) is 0.577. The van der Waals surface area contributed by atoms with Crippen molar-refractivity contribution in [1.29, 1.82) is 0 Å². The van der Waals surface area contributed by atoms with E-state index in [2.05, 4.69) is 26.3 Å². The molecule has 0 spiro atoms. The number of primary sulfonamides is 1. The number of carbonyl (C=O) groups excluding carboxylic acids is 1. The lowest BCUT2D eigenvalue weighted by atomic mass is 10.1. The molecule has 0 fully saturated rings. The van der Waals surface area contributed by atoms with Crippen molar-refractivity contribution in [2.45, 2.75) is 31.7 Å². The fourth-order valence-corrected chi connectivity index (χ4v) is 3.23. The molecule has 1 heterocycles. The molecule has 0 unspecified atom stereocenters. The minimum absolute atomic E-state index is 0.0709. The van der Waals surface area contributed by atoms with Crippen molar-refractivity contribution < 1.29 is 13.2 Å². The van der Waals surface area contributed by atoms with Gasteiger partial charge in [-0.05, 0) is 53.9 Å². The van der Waals surface area contributed by atoms with E-state index in [1.807, 2.05) is 13.8 Å². The summed E-state index contributed by atoms with van der Waals surface area (Å²) in [5, 5.41) is 12.2. The molecule has 2 rings (SSSR count). The maximum Gasteiger partial charge on any atom is 0.270 e. The molecule has 0 aliphatic carbocycles. The molecule has 0 saturated carbocycles. The van der Waals surface area contributed by atoms with Crippen molar-refractivity contribution in [3.8, 4) is 0 Å². The summed E-state index contributed by atoms with van der Waals surface area (Å²) in [5.41, 5.74) is 2.17. The number of aryl methyl sites for hydroxylation is 2. The molecule has 0 saturated heterocycles. The Hall–Kier alpha value is -1.71. The molecular formula is C15H19BrN4O3S. The van der Waals surface area contributed by atoms with Crippen LogP contribution in [0.4, 0.5) is 0 Å². The van der Waals surface area contributed by atoms with Gasteiger partial charge in [0.25, 0.3) is 5.91 Å². The highest BCUT2D eigenvalue weighted by Gasteiger charge is 2.18. The molecule has 0 bridgehead atoms. The van der Waals surface area contributed by atoms with Gasteiger partial charge in [-0.15, -0.1) is 0 Å². The third kappa shape index (κ3) is 4.22. The first-order valence-electron chi connectivity index (χ1n) is 7.37. The lowest BCUT2D eigenvalue weighted by Gasteiger charge is -2.08. The van der Waals surface area contributed by atoms with Crippen molar-refractivity contribution in [1.82, 2.24) is 15.1 Å². The molecule has 9 heteroatoms. The summed E-state index contributed by atoms with van der Waals surface area (Å²) in [7, 11) is -3.68. The van der Waals surface area contributed by atoms with E-state index in [1.54, 1.807) is 16.8 Å². The fourth-order valence-electron chi connectivity index (χ4n) is 2.26. The topological polar surface area (TPSA) is 107 Å². The largest absolute Gasteiger partial charge is 0.350 e. The zero-order chi connectivity index (χ0) is 17.9. The predicted molar refractivity (Wildman–Crippen MR) is 94.2 cm³/mol. The summed E-state index contributed by atoms with van der Waals surface area (Å²) in [6, 6.07) is 6.28. The number of hydrogen-bond acceptors (Lipinski definition) is 4. The lowest BCUT2D eigenvalue weighted by Crippen LogP contribution is -2.28. The van der Waals surface area contributed by atoms with Gasteiger partial charge in [0.2, 0.25) is 10.0 Å². The van der Waals surface area contributed by atoms with Crippen molar-refractivity contribution in [2.24, 2.45) is 5.14 Å². The van der Waals surface area contributed by atoms with Crippen LogP contribution in [-0.2, 0) is 23.0 Å². The molecule has 0 aliphatic rings. The maximum absolute atomic E-state index is 12.3. The first-order valence-corrected chi connectivity index (χ1v) is 9.70. The van der Waals surface area contributed by atoms with Crippen LogP contribution < -0.4 is 10.5 Å². The zero-order valence-corrected chi connectivity index (χ0v) is 15.8. The average molecular weight is 415 g/mol. The van der Waals surface area contributed by atoms with Crippen molar-refractivity contribution in [3.05, 3.63) is 45.7 Å². The molecular weight excluding hydrogens is 396 g/mol. The van der Waals surface area contributed by atoms with Gasteiger partial charge in [-0.1, -0.05) is 12.1 Å². The molecule has 1 aromatic heterocycles. The molecule has 7 nitrogen and oxygen atoms in total. The van der Waals surface area contributed by atoms with Gasteiger partial charge < -0.3 is 5.32 Å². The van der Waals surface area contributed by atoms with Gasteiger partial charge in [0.1, 0.15) is 5.69 Å². The van der Waals surface area contributed by atoms with Crippen LogP contribution in [0.15, 0.2) is 33.6 Å². The second-order valence-electron chi connectivity index (χ2n) is 5.26. The fraction of sp³-hybridized carbons (Fsp3) is 0.333. The van der Waals surface area contributed by atoms with E-state index in [0.29, 0.717) is 29.7 Å². The number of nitrogens with two attached hydrogens (primary N) is 1. The van der Waals surface area contributed by atoms with Gasteiger partial charge in [-0.2, -0.15) is 5.10 Å². The van der Waals surface area contributed by atoms with E-state index in [1.165, 1.54) is 12.1 Å². The minimum Gasteiger partial charge on any atom is -0.350 e. The summed E-state index contributed by atoms with van der Waals surface area (Å²) in [4.78, 5) is 12.4. The number of hydrogen-bond donors (Lipinski definition) is 2. The highest BCUT2D eigenvalue weighted by molar-refractivity contribution is 9.10. The summed E-state index contributed by atoms with van der Waals surface area (Å²) < 4.78 is 24.8. The lowest BCUT2D eigenvalue weighted by molar-refractivity contribution is 0.0942. The first-order chi connectivity index (χ1) is 11.2. The summed E-state index contributed by atoms with van der Waals surface area (Å²) in [5.74, 6) is -0.203. The average Bonchev–Trinajstić information content (AvgIpc) is 2.82. The Balaban J connectivity index is 1.98. The molecule has 2 aromatic rings. The van der Waals surface area contributed by atoms with E-state index in [9.17, 15) is 13.2 Å². The van der Waals surface area contributed by atoms with Crippen LogP contribution in [0.2, 0.25) is 0 Å². The second kappa shape index (κ2) is 7.45. The molecule has 24 heavy (non-hydrogen) atoms. The normalized spacial score (nSPS) is 11.5. The highest BCUT2D eigenvalue weighted by Crippen LogP contribution is 2.20. The molecule has 1 amide bonds. The van der Waals surface area contributed by atoms with Crippen molar-refractivity contribution in [2.75, 3.05) is 6.54 Å². The van der Waals surface area contributed by atoms with Crippen molar-refractivity contribution >= 4 is 31.9 Å². The predicted octanol–water partition coefficient (Wildman–Crippen LogP) is 1.59. The van der Waals surface area contributed by atoms with Crippen LogP contribution in [0.25, 0.3) is 0 Å². The SMILES string of the molecule is CCn1nc(C)c(Br)c1C(=O)NCCc1ccc(S(N)(=O)=O)cc1.